The molecular weight excluding hydrogens is 450 g/mol. The van der Waals surface area contributed by atoms with Crippen molar-refractivity contribution in [3.05, 3.63) is 77.6 Å². The first-order chi connectivity index (χ1) is 16.7. The number of aromatic nitrogens is 2. The van der Waals surface area contributed by atoms with Gasteiger partial charge >= 0.3 is 12.0 Å². The van der Waals surface area contributed by atoms with Gasteiger partial charge in [-0.3, -0.25) is 14.5 Å². The Morgan fingerprint density at radius 2 is 1.86 bits per heavy atom. The minimum atomic E-state index is -1.25. The average molecular weight is 476 g/mol. The largest absolute Gasteiger partial charge is 0.461 e. The number of imide groups is 1. The Kier molecular flexibility index (Phi) is 6.37. The zero-order valence-corrected chi connectivity index (χ0v) is 19.6. The molecule has 2 N–H and O–H groups in total. The summed E-state index contributed by atoms with van der Waals surface area (Å²) >= 11 is 0. The number of ether oxygens (including phenoxy) is 1. The number of nitrogens with zero attached hydrogens (tertiary/aromatic N) is 3. The molecule has 1 aliphatic rings. The normalized spacial score (nSPS) is 17.3. The molecule has 0 spiro atoms. The van der Waals surface area contributed by atoms with Crippen molar-refractivity contribution in [2.24, 2.45) is 0 Å². The van der Waals surface area contributed by atoms with Crippen LogP contribution >= 0.6 is 0 Å². The molecule has 1 aliphatic heterocycles. The highest BCUT2D eigenvalue weighted by Gasteiger charge is 2.49. The Hall–Kier alpha value is -4.47. The third-order valence-electron chi connectivity index (χ3n) is 5.67. The van der Waals surface area contributed by atoms with Crippen molar-refractivity contribution >= 4 is 29.5 Å². The van der Waals surface area contributed by atoms with Crippen molar-refractivity contribution in [3.63, 3.8) is 0 Å². The zero-order valence-electron chi connectivity index (χ0n) is 19.6. The number of carbonyl (C=O) groups is 4. The van der Waals surface area contributed by atoms with E-state index in [0.29, 0.717) is 16.9 Å². The first kappa shape index (κ1) is 23.7. The van der Waals surface area contributed by atoms with Crippen molar-refractivity contribution in [1.82, 2.24) is 20.0 Å². The molecule has 1 saturated heterocycles. The fraction of sp³-hybridized carbons (Fsp3) is 0.240. The standard InChI is InChI=1S/C25H25N5O5/c1-4-35-22(32)20-12-13-30(28-20)19-7-5-6-18(14-19)26-21(31)15-29-23(33)25(3,27-24(29)34)17-10-8-16(2)9-11-17/h5-14H,4,15H2,1-3H3,(H,26,31)(H,27,34). The lowest BCUT2D eigenvalue weighted by atomic mass is 9.91. The van der Waals surface area contributed by atoms with Gasteiger partial charge in [0.15, 0.2) is 5.69 Å². The second-order valence-corrected chi connectivity index (χ2v) is 8.28. The molecule has 4 rings (SSSR count). The third kappa shape index (κ3) is 4.77. The van der Waals surface area contributed by atoms with Crippen LogP contribution in [-0.2, 0) is 19.9 Å². The van der Waals surface area contributed by atoms with E-state index < -0.39 is 35.9 Å². The first-order valence-electron chi connectivity index (χ1n) is 11.1. The number of amides is 4. The van der Waals surface area contributed by atoms with Crippen LogP contribution in [0.25, 0.3) is 5.69 Å². The SMILES string of the molecule is CCOC(=O)c1ccn(-c2cccc(NC(=O)CN3C(=O)NC(C)(c4ccc(C)cc4)C3=O)c2)n1. The van der Waals surface area contributed by atoms with Gasteiger partial charge in [0.1, 0.15) is 12.1 Å². The summed E-state index contributed by atoms with van der Waals surface area (Å²) in [5.74, 6) is -1.56. The number of benzene rings is 2. The summed E-state index contributed by atoms with van der Waals surface area (Å²) < 4.78 is 6.42. The number of carbonyl (C=O) groups excluding carboxylic acids is 4. The van der Waals surface area contributed by atoms with Crippen LogP contribution < -0.4 is 10.6 Å². The first-order valence-corrected chi connectivity index (χ1v) is 11.1. The summed E-state index contributed by atoms with van der Waals surface area (Å²) in [7, 11) is 0. The van der Waals surface area contributed by atoms with Gasteiger partial charge in [0.2, 0.25) is 5.91 Å². The summed E-state index contributed by atoms with van der Waals surface area (Å²) in [4.78, 5) is 51.1. The molecule has 1 unspecified atom stereocenters. The van der Waals surface area contributed by atoms with E-state index >= 15 is 0 Å². The van der Waals surface area contributed by atoms with Crippen molar-refractivity contribution in [3.8, 4) is 5.69 Å². The quantitative estimate of drug-likeness (QED) is 0.400. The second-order valence-electron chi connectivity index (χ2n) is 8.28. The van der Waals surface area contributed by atoms with Gasteiger partial charge in [0, 0.05) is 11.9 Å². The average Bonchev–Trinajstić information content (AvgIpc) is 3.40. The van der Waals surface area contributed by atoms with E-state index in [9.17, 15) is 19.2 Å². The highest BCUT2D eigenvalue weighted by Crippen LogP contribution is 2.29. The maximum atomic E-state index is 13.1. The highest BCUT2D eigenvalue weighted by molar-refractivity contribution is 6.10. The molecule has 0 aliphatic carbocycles. The molecule has 1 aromatic heterocycles. The molecule has 0 bridgehead atoms. The van der Waals surface area contributed by atoms with E-state index in [2.05, 4.69) is 15.7 Å². The van der Waals surface area contributed by atoms with E-state index in [1.807, 2.05) is 19.1 Å². The van der Waals surface area contributed by atoms with E-state index in [1.165, 1.54) is 10.7 Å². The Balaban J connectivity index is 1.44. The predicted molar refractivity (Wildman–Crippen MR) is 127 cm³/mol. The summed E-state index contributed by atoms with van der Waals surface area (Å²) in [6.45, 7) is 5.07. The van der Waals surface area contributed by atoms with Crippen molar-refractivity contribution in [1.29, 1.82) is 0 Å². The van der Waals surface area contributed by atoms with Crippen LogP contribution in [-0.4, -0.2) is 51.6 Å². The van der Waals surface area contributed by atoms with E-state index in [0.717, 1.165) is 10.5 Å². The van der Waals surface area contributed by atoms with Gasteiger partial charge in [-0.1, -0.05) is 35.9 Å². The number of esters is 1. The Morgan fingerprint density at radius 1 is 1.11 bits per heavy atom. The predicted octanol–water partition coefficient (Wildman–Crippen LogP) is 2.76. The zero-order chi connectivity index (χ0) is 25.2. The van der Waals surface area contributed by atoms with Gasteiger partial charge in [-0.25, -0.2) is 14.3 Å². The number of aryl methyl sites for hydroxylation is 1. The lowest BCUT2D eigenvalue weighted by Crippen LogP contribution is -2.42. The number of rotatable bonds is 7. The van der Waals surface area contributed by atoms with Crippen LogP contribution in [0.3, 0.4) is 0 Å². The fourth-order valence-corrected chi connectivity index (χ4v) is 3.78. The number of hydrogen-bond acceptors (Lipinski definition) is 6. The Labute approximate surface area is 201 Å². The second kappa shape index (κ2) is 9.41. The molecule has 0 saturated carbocycles. The molecule has 4 amide bonds. The minimum Gasteiger partial charge on any atom is -0.461 e. The van der Waals surface area contributed by atoms with E-state index in [1.54, 1.807) is 56.4 Å². The molecule has 2 aromatic carbocycles. The number of urea groups is 1. The molecule has 0 radical (unpaired) electrons. The molecule has 1 fully saturated rings. The molecule has 1 atom stereocenters. The van der Waals surface area contributed by atoms with Gasteiger partial charge < -0.3 is 15.4 Å². The van der Waals surface area contributed by atoms with Gasteiger partial charge in [0.05, 0.1) is 12.3 Å². The lowest BCUT2D eigenvalue weighted by molar-refractivity contribution is -0.133. The summed E-state index contributed by atoms with van der Waals surface area (Å²) in [6, 6.07) is 15.0. The Bertz CT molecular complexity index is 1300. The number of anilines is 1. The fourth-order valence-electron chi connectivity index (χ4n) is 3.78. The van der Waals surface area contributed by atoms with Crippen LogP contribution in [0.5, 0.6) is 0 Å². The smallest absolute Gasteiger partial charge is 0.358 e. The topological polar surface area (TPSA) is 123 Å². The summed E-state index contributed by atoms with van der Waals surface area (Å²) in [5, 5.41) is 9.59. The highest BCUT2D eigenvalue weighted by atomic mass is 16.5. The van der Waals surface area contributed by atoms with Crippen molar-refractivity contribution in [2.45, 2.75) is 26.3 Å². The van der Waals surface area contributed by atoms with Crippen LogP contribution in [0.15, 0.2) is 60.8 Å². The maximum absolute atomic E-state index is 13.1. The van der Waals surface area contributed by atoms with Crippen LogP contribution in [0.2, 0.25) is 0 Å². The minimum absolute atomic E-state index is 0.163. The van der Waals surface area contributed by atoms with E-state index in [-0.39, 0.29) is 12.3 Å². The lowest BCUT2D eigenvalue weighted by Gasteiger charge is -2.22. The molecule has 2 heterocycles. The Morgan fingerprint density at radius 3 is 2.57 bits per heavy atom. The van der Waals surface area contributed by atoms with Crippen molar-refractivity contribution < 1.29 is 23.9 Å². The monoisotopic (exact) mass is 475 g/mol. The molecule has 3 aromatic rings. The summed E-state index contributed by atoms with van der Waals surface area (Å²) in [5.41, 5.74) is 1.62. The van der Waals surface area contributed by atoms with Crippen molar-refractivity contribution in [2.75, 3.05) is 18.5 Å². The van der Waals surface area contributed by atoms with Gasteiger partial charge in [-0.2, -0.15) is 5.10 Å². The third-order valence-corrected chi connectivity index (χ3v) is 5.67. The van der Waals surface area contributed by atoms with Crippen LogP contribution in [0.1, 0.15) is 35.5 Å². The molecule has 10 heteroatoms. The maximum Gasteiger partial charge on any atom is 0.358 e. The van der Waals surface area contributed by atoms with Crippen LogP contribution in [0, 0.1) is 6.92 Å². The summed E-state index contributed by atoms with van der Waals surface area (Å²) in [6.07, 6.45) is 1.60. The molecule has 180 valence electrons. The molecule has 35 heavy (non-hydrogen) atoms. The van der Waals surface area contributed by atoms with Crippen LogP contribution in [0.4, 0.5) is 10.5 Å². The van der Waals surface area contributed by atoms with E-state index in [4.69, 9.17) is 4.74 Å². The number of nitrogens with one attached hydrogen (secondary N) is 2. The van der Waals surface area contributed by atoms with Gasteiger partial charge in [-0.15, -0.1) is 0 Å². The van der Waals surface area contributed by atoms with Gasteiger partial charge in [-0.05, 0) is 50.6 Å². The molecular formula is C25H25N5O5. The van der Waals surface area contributed by atoms with Gasteiger partial charge in [0.25, 0.3) is 5.91 Å². The number of hydrogen-bond donors (Lipinski definition) is 2. The molecule has 10 nitrogen and oxygen atoms in total.